The van der Waals surface area contributed by atoms with E-state index in [4.69, 9.17) is 5.26 Å². The molecule has 2 aliphatic rings. The van der Waals surface area contributed by atoms with Crippen LogP contribution in [0.5, 0.6) is 0 Å². The normalized spacial score (nSPS) is 23.9. The Bertz CT molecular complexity index is 632. The molecule has 1 saturated heterocycles. The SMILES string of the molecule is N#CSC[C@H]1NC(=O)[C@H]1N1C(=O)c2ccccc2C1=O. The Hall–Kier alpha value is -2.33. The molecule has 0 spiro atoms. The van der Waals surface area contributed by atoms with Gasteiger partial charge in [-0.05, 0) is 23.9 Å². The van der Waals surface area contributed by atoms with Gasteiger partial charge in [0.05, 0.1) is 17.2 Å². The van der Waals surface area contributed by atoms with Gasteiger partial charge in [0.2, 0.25) is 5.91 Å². The van der Waals surface area contributed by atoms with E-state index in [-0.39, 0.29) is 11.9 Å². The standard InChI is InChI=1S/C13H9N3O3S/c14-6-20-5-9-10(11(17)15-9)16-12(18)7-3-1-2-4-8(7)13(16)19/h1-4,9-10H,5H2,(H,15,17)/t9-,10+/m1/s1. The van der Waals surface area contributed by atoms with Crippen molar-refractivity contribution in [2.75, 3.05) is 5.75 Å². The van der Waals surface area contributed by atoms with Gasteiger partial charge >= 0.3 is 0 Å². The van der Waals surface area contributed by atoms with E-state index in [1.54, 1.807) is 24.3 Å². The van der Waals surface area contributed by atoms with Crippen molar-refractivity contribution < 1.29 is 14.4 Å². The zero-order chi connectivity index (χ0) is 14.3. The number of hydrogen-bond donors (Lipinski definition) is 1. The van der Waals surface area contributed by atoms with Crippen LogP contribution in [0.15, 0.2) is 24.3 Å². The fraction of sp³-hybridized carbons (Fsp3) is 0.231. The summed E-state index contributed by atoms with van der Waals surface area (Å²) < 4.78 is 0. The van der Waals surface area contributed by atoms with Crippen LogP contribution in [-0.4, -0.2) is 40.5 Å². The van der Waals surface area contributed by atoms with Gasteiger partial charge in [-0.15, -0.1) is 0 Å². The fourth-order valence-electron chi connectivity index (χ4n) is 2.45. The van der Waals surface area contributed by atoms with Crippen molar-refractivity contribution in [1.82, 2.24) is 10.2 Å². The molecule has 20 heavy (non-hydrogen) atoms. The van der Waals surface area contributed by atoms with E-state index in [0.29, 0.717) is 16.9 Å². The molecule has 0 bridgehead atoms. The van der Waals surface area contributed by atoms with Crippen LogP contribution < -0.4 is 5.32 Å². The van der Waals surface area contributed by atoms with Crippen LogP contribution in [-0.2, 0) is 4.79 Å². The molecule has 1 N–H and O–H groups in total. The number of nitrogens with one attached hydrogen (secondary N) is 1. The number of thioether (sulfide) groups is 1. The molecule has 0 unspecified atom stereocenters. The van der Waals surface area contributed by atoms with Crippen molar-refractivity contribution in [3.8, 4) is 5.40 Å². The first-order valence-electron chi connectivity index (χ1n) is 5.93. The molecule has 1 aromatic rings. The van der Waals surface area contributed by atoms with Crippen LogP contribution in [0, 0.1) is 10.7 Å². The van der Waals surface area contributed by atoms with Crippen LogP contribution in [0.25, 0.3) is 0 Å². The summed E-state index contributed by atoms with van der Waals surface area (Å²) in [6.45, 7) is 0. The Morgan fingerprint density at radius 2 is 1.80 bits per heavy atom. The lowest BCUT2D eigenvalue weighted by atomic mass is 9.99. The lowest BCUT2D eigenvalue weighted by molar-refractivity contribution is -0.134. The molecular formula is C13H9N3O3S. The second kappa shape index (κ2) is 4.65. The van der Waals surface area contributed by atoms with Crippen molar-refractivity contribution in [3.63, 3.8) is 0 Å². The highest BCUT2D eigenvalue weighted by Crippen LogP contribution is 2.29. The molecule has 0 radical (unpaired) electrons. The van der Waals surface area contributed by atoms with Crippen LogP contribution >= 0.6 is 11.8 Å². The molecule has 0 aromatic heterocycles. The first kappa shape index (κ1) is 12.7. The second-order valence-corrected chi connectivity index (χ2v) is 5.29. The molecule has 2 atom stereocenters. The van der Waals surface area contributed by atoms with Crippen molar-refractivity contribution in [1.29, 1.82) is 5.26 Å². The summed E-state index contributed by atoms with van der Waals surface area (Å²) in [4.78, 5) is 37.2. The average molecular weight is 287 g/mol. The summed E-state index contributed by atoms with van der Waals surface area (Å²) >= 11 is 0.985. The van der Waals surface area contributed by atoms with Crippen molar-refractivity contribution in [3.05, 3.63) is 35.4 Å². The Morgan fingerprint density at radius 1 is 1.20 bits per heavy atom. The molecule has 0 saturated carbocycles. The van der Waals surface area contributed by atoms with E-state index >= 15 is 0 Å². The number of nitrogens with zero attached hydrogens (tertiary/aromatic N) is 2. The molecule has 2 aliphatic heterocycles. The highest BCUT2D eigenvalue weighted by molar-refractivity contribution is 8.03. The molecule has 1 fully saturated rings. The van der Waals surface area contributed by atoms with Gasteiger partial charge < -0.3 is 5.32 Å². The maximum atomic E-state index is 12.3. The number of thiocyanates is 1. The van der Waals surface area contributed by atoms with Crippen molar-refractivity contribution in [2.24, 2.45) is 0 Å². The second-order valence-electron chi connectivity index (χ2n) is 4.49. The number of carbonyl (C=O) groups excluding carboxylic acids is 3. The van der Waals surface area contributed by atoms with E-state index < -0.39 is 17.9 Å². The smallest absolute Gasteiger partial charge is 0.262 e. The predicted molar refractivity (Wildman–Crippen MR) is 70.7 cm³/mol. The minimum atomic E-state index is -0.816. The van der Waals surface area contributed by atoms with Crippen LogP contribution in [0.2, 0.25) is 0 Å². The summed E-state index contributed by atoms with van der Waals surface area (Å²) in [7, 11) is 0. The van der Waals surface area contributed by atoms with Crippen molar-refractivity contribution in [2.45, 2.75) is 12.1 Å². The zero-order valence-electron chi connectivity index (χ0n) is 10.2. The van der Waals surface area contributed by atoms with E-state index in [9.17, 15) is 14.4 Å². The van der Waals surface area contributed by atoms with Crippen molar-refractivity contribution >= 4 is 29.5 Å². The summed E-state index contributed by atoms with van der Waals surface area (Å²) in [6.07, 6.45) is 0. The Kier molecular flexibility index (Phi) is 2.95. The lowest BCUT2D eigenvalue weighted by Crippen LogP contribution is -2.71. The lowest BCUT2D eigenvalue weighted by Gasteiger charge is -2.40. The van der Waals surface area contributed by atoms with Gasteiger partial charge in [-0.25, -0.2) is 0 Å². The molecule has 7 heteroatoms. The number of imide groups is 1. The highest BCUT2D eigenvalue weighted by atomic mass is 32.2. The number of amides is 3. The van der Waals surface area contributed by atoms with Gasteiger partial charge in [0.15, 0.2) is 0 Å². The van der Waals surface area contributed by atoms with E-state index in [1.807, 2.05) is 5.40 Å². The monoisotopic (exact) mass is 287 g/mol. The van der Waals surface area contributed by atoms with Crippen LogP contribution in [0.4, 0.5) is 0 Å². The van der Waals surface area contributed by atoms with Gasteiger partial charge in [-0.2, -0.15) is 5.26 Å². The van der Waals surface area contributed by atoms with E-state index in [1.165, 1.54) is 0 Å². The third-order valence-electron chi connectivity index (χ3n) is 3.41. The molecule has 0 aliphatic carbocycles. The number of hydrogen-bond acceptors (Lipinski definition) is 5. The largest absolute Gasteiger partial charge is 0.348 e. The van der Waals surface area contributed by atoms with Gasteiger partial charge in [-0.1, -0.05) is 12.1 Å². The predicted octanol–water partition coefficient (Wildman–Crippen LogP) is 0.364. The summed E-state index contributed by atoms with van der Waals surface area (Å²) in [5, 5.41) is 13.1. The first-order valence-corrected chi connectivity index (χ1v) is 6.92. The minimum Gasteiger partial charge on any atom is -0.348 e. The third kappa shape index (κ3) is 1.69. The number of benzene rings is 1. The first-order chi connectivity index (χ1) is 9.65. The zero-order valence-corrected chi connectivity index (χ0v) is 11.0. The molecule has 6 nitrogen and oxygen atoms in total. The van der Waals surface area contributed by atoms with E-state index in [0.717, 1.165) is 16.7 Å². The molecule has 3 amide bonds. The molecule has 2 heterocycles. The number of nitriles is 1. The van der Waals surface area contributed by atoms with Gasteiger partial charge in [-0.3, -0.25) is 19.3 Å². The molecular weight excluding hydrogens is 278 g/mol. The maximum absolute atomic E-state index is 12.3. The Balaban J connectivity index is 1.89. The van der Waals surface area contributed by atoms with E-state index in [2.05, 4.69) is 5.32 Å². The third-order valence-corrected chi connectivity index (χ3v) is 4.06. The summed E-state index contributed by atoms with van der Waals surface area (Å²) in [6, 6.07) is 5.32. The number of carbonyl (C=O) groups is 3. The highest BCUT2D eigenvalue weighted by Gasteiger charge is 2.51. The summed E-state index contributed by atoms with van der Waals surface area (Å²) in [5.74, 6) is -0.904. The van der Waals surface area contributed by atoms with Gasteiger partial charge in [0.25, 0.3) is 11.8 Å². The fourth-order valence-corrected chi connectivity index (χ4v) is 2.97. The van der Waals surface area contributed by atoms with Crippen LogP contribution in [0.3, 0.4) is 0 Å². The maximum Gasteiger partial charge on any atom is 0.262 e. The summed E-state index contributed by atoms with van der Waals surface area (Å²) in [5.41, 5.74) is 0.646. The number of rotatable bonds is 3. The Labute approximate surface area is 118 Å². The van der Waals surface area contributed by atoms with Crippen LogP contribution in [0.1, 0.15) is 20.7 Å². The number of β-lactam (4-membered cyclic amide) rings is 1. The number of fused-ring (bicyclic) bond motifs is 1. The average Bonchev–Trinajstić information content (AvgIpc) is 2.69. The van der Waals surface area contributed by atoms with Gasteiger partial charge in [0, 0.05) is 5.75 Å². The quantitative estimate of drug-likeness (QED) is 0.492. The molecule has 1 aromatic carbocycles. The van der Waals surface area contributed by atoms with Gasteiger partial charge in [0.1, 0.15) is 11.4 Å². The molecule has 3 rings (SSSR count). The topological polar surface area (TPSA) is 90.3 Å². The Morgan fingerprint density at radius 3 is 2.30 bits per heavy atom. The molecule has 100 valence electrons. The minimum absolute atomic E-state index is 0.323.